The van der Waals surface area contributed by atoms with Crippen LogP contribution in [0, 0.1) is 0 Å². The van der Waals surface area contributed by atoms with Crippen molar-refractivity contribution in [1.29, 1.82) is 0 Å². The number of hydrogen-bond acceptors (Lipinski definition) is 4. The normalized spacial score (nSPS) is 26.7. The van der Waals surface area contributed by atoms with Gasteiger partial charge in [0.2, 0.25) is 5.91 Å². The minimum atomic E-state index is -0.359. The Kier molecular flexibility index (Phi) is 4.86. The highest BCUT2D eigenvalue weighted by atomic mass is 16.5. The molecule has 0 aliphatic carbocycles. The van der Waals surface area contributed by atoms with Gasteiger partial charge in [0, 0.05) is 26.2 Å². The van der Waals surface area contributed by atoms with Crippen LogP contribution in [0.25, 0.3) is 0 Å². The molecule has 1 N–H and O–H groups in total. The number of nitrogens with zero attached hydrogens (tertiary/aromatic N) is 2. The lowest BCUT2D eigenvalue weighted by atomic mass is 9.90. The molecule has 0 spiro atoms. The fourth-order valence-corrected chi connectivity index (χ4v) is 3.26. The number of hydrogen-bond donors (Lipinski definition) is 1. The van der Waals surface area contributed by atoms with Gasteiger partial charge in [-0.25, -0.2) is 4.79 Å². The van der Waals surface area contributed by atoms with Crippen LogP contribution in [0.3, 0.4) is 0 Å². The topological polar surface area (TPSA) is 61.9 Å². The molecule has 6 heteroatoms. The Morgan fingerprint density at radius 1 is 1.20 bits per heavy atom. The monoisotopic (exact) mass is 283 g/mol. The molecule has 114 valence electrons. The smallest absolute Gasteiger partial charge is 0.409 e. The summed E-state index contributed by atoms with van der Waals surface area (Å²) in [7, 11) is 1.39. The van der Waals surface area contributed by atoms with Gasteiger partial charge in [0.15, 0.2) is 0 Å². The summed E-state index contributed by atoms with van der Waals surface area (Å²) in [4.78, 5) is 27.8. The van der Waals surface area contributed by atoms with Crippen LogP contribution in [0.4, 0.5) is 4.79 Å². The van der Waals surface area contributed by atoms with Crippen LogP contribution < -0.4 is 5.32 Å². The van der Waals surface area contributed by atoms with Crippen molar-refractivity contribution in [3.63, 3.8) is 0 Å². The molecule has 0 bridgehead atoms. The third-order valence-electron chi connectivity index (χ3n) is 4.33. The Bertz CT molecular complexity index is 359. The summed E-state index contributed by atoms with van der Waals surface area (Å²) < 4.78 is 4.71. The van der Waals surface area contributed by atoms with Crippen molar-refractivity contribution in [2.75, 3.05) is 39.8 Å². The third kappa shape index (κ3) is 2.90. The number of piperazine rings is 1. The lowest BCUT2D eigenvalue weighted by molar-refractivity contribution is -0.139. The van der Waals surface area contributed by atoms with Crippen LogP contribution >= 0.6 is 0 Å². The molecule has 20 heavy (non-hydrogen) atoms. The zero-order valence-corrected chi connectivity index (χ0v) is 12.5. The highest BCUT2D eigenvalue weighted by Gasteiger charge is 2.43. The Morgan fingerprint density at radius 3 is 2.35 bits per heavy atom. The minimum Gasteiger partial charge on any atom is -0.453 e. The van der Waals surface area contributed by atoms with E-state index < -0.39 is 0 Å². The minimum absolute atomic E-state index is 0.210. The van der Waals surface area contributed by atoms with Gasteiger partial charge in [-0.1, -0.05) is 13.3 Å². The van der Waals surface area contributed by atoms with E-state index >= 15 is 0 Å². The van der Waals surface area contributed by atoms with Crippen molar-refractivity contribution in [2.24, 2.45) is 0 Å². The van der Waals surface area contributed by atoms with Crippen LogP contribution in [-0.4, -0.2) is 67.2 Å². The number of rotatable bonds is 3. The van der Waals surface area contributed by atoms with Crippen molar-refractivity contribution >= 4 is 12.0 Å². The second-order valence-corrected chi connectivity index (χ2v) is 5.61. The SMILES string of the molecule is CCCC1(C(=O)N2CCN(C(=O)OC)CC2)CCCN1. The standard InChI is InChI=1S/C14H25N3O3/c1-3-5-14(6-4-7-15-14)12(18)16-8-10-17(11-9-16)13(19)20-2/h15H,3-11H2,1-2H3. The first-order valence-corrected chi connectivity index (χ1v) is 7.50. The molecule has 2 heterocycles. The predicted octanol–water partition coefficient (Wildman–Crippen LogP) is 0.819. The van der Waals surface area contributed by atoms with E-state index in [1.54, 1.807) is 4.90 Å². The summed E-state index contributed by atoms with van der Waals surface area (Å²) in [6, 6.07) is 0. The molecule has 2 rings (SSSR count). The molecule has 2 aliphatic heterocycles. The molecule has 2 fully saturated rings. The molecule has 0 aromatic carbocycles. The van der Waals surface area contributed by atoms with Crippen LogP contribution in [-0.2, 0) is 9.53 Å². The van der Waals surface area contributed by atoms with E-state index in [1.807, 2.05) is 4.90 Å². The third-order valence-corrected chi connectivity index (χ3v) is 4.33. The Morgan fingerprint density at radius 2 is 1.85 bits per heavy atom. The molecule has 0 radical (unpaired) electrons. The van der Waals surface area contributed by atoms with Crippen LogP contribution in [0.1, 0.15) is 32.6 Å². The summed E-state index contributed by atoms with van der Waals surface area (Å²) in [5, 5.41) is 3.42. The first-order valence-electron chi connectivity index (χ1n) is 7.50. The Hall–Kier alpha value is -1.30. The fourth-order valence-electron chi connectivity index (χ4n) is 3.26. The van der Waals surface area contributed by atoms with E-state index in [2.05, 4.69) is 12.2 Å². The first kappa shape index (κ1) is 15.1. The molecule has 0 aromatic heterocycles. The van der Waals surface area contributed by atoms with Crippen molar-refractivity contribution in [3.05, 3.63) is 0 Å². The van der Waals surface area contributed by atoms with Gasteiger partial charge in [-0.05, 0) is 25.8 Å². The van der Waals surface area contributed by atoms with Crippen LogP contribution in [0.15, 0.2) is 0 Å². The van der Waals surface area contributed by atoms with Crippen molar-refractivity contribution in [3.8, 4) is 0 Å². The molecule has 6 nitrogen and oxygen atoms in total. The number of amides is 2. The molecule has 0 aromatic rings. The van der Waals surface area contributed by atoms with E-state index in [0.717, 1.165) is 32.2 Å². The highest BCUT2D eigenvalue weighted by molar-refractivity contribution is 5.87. The summed E-state index contributed by atoms with van der Waals surface area (Å²) in [6.45, 7) is 5.35. The van der Waals surface area contributed by atoms with Gasteiger partial charge in [0.05, 0.1) is 12.6 Å². The second kappa shape index (κ2) is 6.43. The lowest BCUT2D eigenvalue weighted by Crippen LogP contribution is -2.59. The number of carbonyl (C=O) groups excluding carboxylic acids is 2. The molecule has 1 atom stereocenters. The molecular weight excluding hydrogens is 258 g/mol. The molecule has 2 amide bonds. The van der Waals surface area contributed by atoms with Gasteiger partial charge in [0.25, 0.3) is 0 Å². The predicted molar refractivity (Wildman–Crippen MR) is 75.4 cm³/mol. The van der Waals surface area contributed by atoms with E-state index in [4.69, 9.17) is 4.74 Å². The van der Waals surface area contributed by atoms with Crippen LogP contribution in [0.5, 0.6) is 0 Å². The first-order chi connectivity index (χ1) is 9.63. The second-order valence-electron chi connectivity index (χ2n) is 5.61. The zero-order valence-electron chi connectivity index (χ0n) is 12.5. The molecule has 0 saturated carbocycles. The van der Waals surface area contributed by atoms with Gasteiger partial charge in [-0.3, -0.25) is 4.79 Å². The van der Waals surface area contributed by atoms with E-state index in [0.29, 0.717) is 26.2 Å². The Balaban J connectivity index is 1.95. The van der Waals surface area contributed by atoms with Gasteiger partial charge in [-0.2, -0.15) is 0 Å². The largest absolute Gasteiger partial charge is 0.453 e. The van der Waals surface area contributed by atoms with Gasteiger partial charge in [0.1, 0.15) is 0 Å². The maximum Gasteiger partial charge on any atom is 0.409 e. The summed E-state index contributed by atoms with van der Waals surface area (Å²) in [5.41, 5.74) is -0.359. The van der Waals surface area contributed by atoms with Gasteiger partial charge >= 0.3 is 6.09 Å². The molecule has 2 aliphatic rings. The summed E-state index contributed by atoms with van der Waals surface area (Å²) in [5.74, 6) is 0.210. The molecule has 2 saturated heterocycles. The lowest BCUT2D eigenvalue weighted by Gasteiger charge is -2.39. The number of nitrogens with one attached hydrogen (secondary N) is 1. The van der Waals surface area contributed by atoms with E-state index in [-0.39, 0.29) is 17.5 Å². The van der Waals surface area contributed by atoms with Crippen molar-refractivity contribution < 1.29 is 14.3 Å². The summed E-state index contributed by atoms with van der Waals surface area (Å²) >= 11 is 0. The van der Waals surface area contributed by atoms with Crippen LogP contribution in [0.2, 0.25) is 0 Å². The number of carbonyl (C=O) groups is 2. The average molecular weight is 283 g/mol. The summed E-state index contributed by atoms with van der Waals surface area (Å²) in [6.07, 6.45) is 3.58. The number of ether oxygens (including phenoxy) is 1. The van der Waals surface area contributed by atoms with E-state index in [1.165, 1.54) is 7.11 Å². The maximum atomic E-state index is 12.8. The average Bonchev–Trinajstić information content (AvgIpc) is 2.96. The van der Waals surface area contributed by atoms with Gasteiger partial charge < -0.3 is 19.9 Å². The Labute approximate surface area is 120 Å². The van der Waals surface area contributed by atoms with E-state index in [9.17, 15) is 9.59 Å². The maximum absolute atomic E-state index is 12.8. The molecular formula is C14H25N3O3. The van der Waals surface area contributed by atoms with Crippen molar-refractivity contribution in [1.82, 2.24) is 15.1 Å². The van der Waals surface area contributed by atoms with Crippen molar-refractivity contribution in [2.45, 2.75) is 38.1 Å². The quantitative estimate of drug-likeness (QED) is 0.833. The zero-order chi connectivity index (χ0) is 14.6. The fraction of sp³-hybridized carbons (Fsp3) is 0.857. The highest BCUT2D eigenvalue weighted by Crippen LogP contribution is 2.27. The van der Waals surface area contributed by atoms with Gasteiger partial charge in [-0.15, -0.1) is 0 Å². The number of methoxy groups -OCH3 is 1. The molecule has 1 unspecified atom stereocenters.